The minimum Gasteiger partial charge on any atom is -0.389 e. The van der Waals surface area contributed by atoms with E-state index in [1.807, 2.05) is 24.8 Å². The lowest BCUT2D eigenvalue weighted by Gasteiger charge is -2.24. The van der Waals surface area contributed by atoms with Crippen LogP contribution in [0.2, 0.25) is 0 Å². The molecule has 2 heterocycles. The highest BCUT2D eigenvalue weighted by molar-refractivity contribution is 7.99. The minimum absolute atomic E-state index is 0.342. The molecule has 1 aromatic heterocycles. The summed E-state index contributed by atoms with van der Waals surface area (Å²) in [6.07, 6.45) is 8.41. The van der Waals surface area contributed by atoms with Gasteiger partial charge in [-0.25, -0.2) is 0 Å². The lowest BCUT2D eigenvalue weighted by molar-refractivity contribution is 0.218. The Kier molecular flexibility index (Phi) is 7.98. The van der Waals surface area contributed by atoms with Gasteiger partial charge < -0.3 is 10.0 Å². The monoisotopic (exact) mass is 355 g/mol. The molecule has 0 bridgehead atoms. The fourth-order valence-corrected chi connectivity index (χ4v) is 3.75. The van der Waals surface area contributed by atoms with Gasteiger partial charge >= 0.3 is 0 Å². The number of aryl methyl sites for hydroxylation is 1. The molecule has 2 N–H and O–H groups in total. The molecular formula is C15H25N5OS2. The quantitative estimate of drug-likeness (QED) is 0.377. The lowest BCUT2D eigenvalue weighted by Crippen LogP contribution is -2.33. The Morgan fingerprint density at radius 1 is 1.52 bits per heavy atom. The van der Waals surface area contributed by atoms with Gasteiger partial charge in [-0.3, -0.25) is 0 Å². The number of likely N-dealkylation sites (tertiary alicyclic amines) is 1. The third kappa shape index (κ3) is 6.19. The molecule has 1 aliphatic rings. The summed E-state index contributed by atoms with van der Waals surface area (Å²) in [6.45, 7) is 2.96. The molecule has 1 aliphatic heterocycles. The molecule has 8 heteroatoms. The van der Waals surface area contributed by atoms with Crippen LogP contribution < -0.4 is 0 Å². The summed E-state index contributed by atoms with van der Waals surface area (Å²) in [5, 5.41) is 23.6. The number of aromatic nitrogens is 4. The number of thioether (sulfide) groups is 1. The second kappa shape index (κ2) is 10.00. The molecule has 0 aromatic carbocycles. The Balaban J connectivity index is 1.64. The van der Waals surface area contributed by atoms with E-state index in [9.17, 15) is 5.11 Å². The van der Waals surface area contributed by atoms with E-state index in [1.165, 1.54) is 0 Å². The number of aromatic amines is 1. The van der Waals surface area contributed by atoms with Gasteiger partial charge in [0.1, 0.15) is 0 Å². The van der Waals surface area contributed by atoms with E-state index in [-0.39, 0.29) is 6.10 Å². The number of tetrazole rings is 1. The Morgan fingerprint density at radius 3 is 3.13 bits per heavy atom. The number of nitrogens with zero attached hydrogens (tertiary/aromatic N) is 4. The predicted octanol–water partition coefficient (Wildman–Crippen LogP) is 1.98. The topological polar surface area (TPSA) is 77.9 Å². The summed E-state index contributed by atoms with van der Waals surface area (Å²) in [7, 11) is 0. The Hall–Kier alpha value is -0.990. The minimum atomic E-state index is -0.342. The molecule has 2 atom stereocenters. The first-order chi connectivity index (χ1) is 11.2. The van der Waals surface area contributed by atoms with Crippen LogP contribution in [0.1, 0.15) is 38.4 Å². The van der Waals surface area contributed by atoms with Gasteiger partial charge in [-0.05, 0) is 25.0 Å². The van der Waals surface area contributed by atoms with Crippen LogP contribution in [0, 0.1) is 0 Å². The summed E-state index contributed by atoms with van der Waals surface area (Å²) < 4.78 is 0. The summed E-state index contributed by atoms with van der Waals surface area (Å²) in [5.74, 6) is 2.93. The summed E-state index contributed by atoms with van der Waals surface area (Å²) in [6, 6.07) is 0.351. The van der Waals surface area contributed by atoms with Gasteiger partial charge in [0.25, 0.3) is 0 Å². The smallest absolute Gasteiger partial charge is 0.174 e. The summed E-state index contributed by atoms with van der Waals surface area (Å²) in [5.41, 5.74) is 0. The van der Waals surface area contributed by atoms with Crippen LogP contribution in [-0.2, 0) is 6.42 Å². The third-order valence-corrected chi connectivity index (χ3v) is 5.39. The highest BCUT2D eigenvalue weighted by atomic mass is 32.2. The molecule has 0 amide bonds. The molecular weight excluding hydrogens is 330 g/mol. The third-order valence-electron chi connectivity index (χ3n) is 3.90. The van der Waals surface area contributed by atoms with Crippen molar-refractivity contribution in [1.29, 1.82) is 0 Å². The number of aliphatic hydroxyl groups excluding tert-OH is 1. The van der Waals surface area contributed by atoms with Crippen molar-refractivity contribution in [1.82, 2.24) is 25.5 Å². The predicted molar refractivity (Wildman–Crippen MR) is 97.6 cm³/mol. The zero-order chi connectivity index (χ0) is 16.5. The van der Waals surface area contributed by atoms with Crippen molar-refractivity contribution in [3.63, 3.8) is 0 Å². The van der Waals surface area contributed by atoms with Gasteiger partial charge in [0.15, 0.2) is 5.82 Å². The first-order valence-electron chi connectivity index (χ1n) is 8.16. The van der Waals surface area contributed by atoms with Crippen molar-refractivity contribution in [3.8, 4) is 0 Å². The number of aliphatic hydroxyl groups is 1. The van der Waals surface area contributed by atoms with E-state index < -0.39 is 0 Å². The molecule has 2 rings (SSSR count). The number of hydrogen-bond donors (Lipinski definition) is 2. The van der Waals surface area contributed by atoms with Crippen molar-refractivity contribution in [2.75, 3.05) is 18.1 Å². The average molecular weight is 356 g/mol. The Labute approximate surface area is 147 Å². The molecule has 6 nitrogen and oxygen atoms in total. The molecule has 0 spiro atoms. The molecule has 1 fully saturated rings. The largest absolute Gasteiger partial charge is 0.389 e. The van der Waals surface area contributed by atoms with E-state index in [0.29, 0.717) is 6.04 Å². The van der Waals surface area contributed by atoms with E-state index in [1.54, 1.807) is 0 Å². The second-order valence-electron chi connectivity index (χ2n) is 5.60. The van der Waals surface area contributed by atoms with Crippen LogP contribution in [0.25, 0.3) is 0 Å². The number of rotatable bonds is 10. The fraction of sp³-hybridized carbons (Fsp3) is 0.733. The molecule has 23 heavy (non-hydrogen) atoms. The molecule has 0 unspecified atom stereocenters. The lowest BCUT2D eigenvalue weighted by atomic mass is 10.1. The van der Waals surface area contributed by atoms with Gasteiger partial charge in [0.2, 0.25) is 0 Å². The van der Waals surface area contributed by atoms with Crippen LogP contribution in [-0.4, -0.2) is 65.8 Å². The standard InChI is InChI=1S/C15H25N5OS2/c1-2-13(21)7-5-12-6-8-15(22)20(12)9-11-23-10-3-4-14-16-18-19-17-14/h5,7,12-13,21H,2-4,6,8-11H2,1H3,(H,16,17,18,19)/b7-5+/t12-,13-/m0/s1. The first kappa shape index (κ1) is 18.4. The van der Waals surface area contributed by atoms with Crippen molar-refractivity contribution in [2.24, 2.45) is 0 Å². The van der Waals surface area contributed by atoms with Crippen LogP contribution in [0.5, 0.6) is 0 Å². The maximum absolute atomic E-state index is 9.66. The van der Waals surface area contributed by atoms with E-state index >= 15 is 0 Å². The van der Waals surface area contributed by atoms with Gasteiger partial charge in [-0.1, -0.05) is 36.5 Å². The van der Waals surface area contributed by atoms with Crippen LogP contribution in [0.3, 0.4) is 0 Å². The van der Waals surface area contributed by atoms with E-state index in [4.69, 9.17) is 12.2 Å². The van der Waals surface area contributed by atoms with Crippen molar-refractivity contribution in [3.05, 3.63) is 18.0 Å². The van der Waals surface area contributed by atoms with Gasteiger partial charge in [0.05, 0.1) is 11.1 Å². The molecule has 128 valence electrons. The zero-order valence-electron chi connectivity index (χ0n) is 13.5. The first-order valence-corrected chi connectivity index (χ1v) is 9.73. The molecule has 1 aromatic rings. The second-order valence-corrected chi connectivity index (χ2v) is 7.29. The maximum atomic E-state index is 9.66. The fourth-order valence-electron chi connectivity index (χ4n) is 2.52. The summed E-state index contributed by atoms with van der Waals surface area (Å²) in [4.78, 5) is 3.36. The highest BCUT2D eigenvalue weighted by Gasteiger charge is 2.25. The number of thiocarbonyl (C=S) groups is 1. The van der Waals surface area contributed by atoms with Crippen molar-refractivity contribution in [2.45, 2.75) is 51.2 Å². The zero-order valence-corrected chi connectivity index (χ0v) is 15.2. The van der Waals surface area contributed by atoms with Crippen LogP contribution in [0.15, 0.2) is 12.2 Å². The van der Waals surface area contributed by atoms with Gasteiger partial charge in [-0.2, -0.15) is 17.0 Å². The summed E-state index contributed by atoms with van der Waals surface area (Å²) >= 11 is 7.41. The molecule has 0 radical (unpaired) electrons. The number of hydrogen-bond acceptors (Lipinski definition) is 6. The van der Waals surface area contributed by atoms with Crippen LogP contribution >= 0.6 is 24.0 Å². The molecule has 0 aliphatic carbocycles. The Morgan fingerprint density at radius 2 is 2.39 bits per heavy atom. The maximum Gasteiger partial charge on any atom is 0.174 e. The van der Waals surface area contributed by atoms with Crippen molar-refractivity contribution >= 4 is 29.0 Å². The van der Waals surface area contributed by atoms with Crippen LogP contribution in [0.4, 0.5) is 0 Å². The van der Waals surface area contributed by atoms with Gasteiger partial charge in [0, 0.05) is 31.2 Å². The number of H-pyrrole nitrogens is 1. The SMILES string of the molecule is CC[C@H](O)/C=C/[C@H]1CCC(=S)N1CCSCCCc1nn[nH]n1. The van der Waals surface area contributed by atoms with Gasteiger partial charge in [-0.15, -0.1) is 10.2 Å². The number of nitrogens with one attached hydrogen (secondary N) is 1. The Bertz CT molecular complexity index is 494. The van der Waals surface area contributed by atoms with E-state index in [2.05, 4.69) is 31.6 Å². The normalized spacial score (nSPS) is 19.8. The molecule has 0 saturated carbocycles. The highest BCUT2D eigenvalue weighted by Crippen LogP contribution is 2.22. The van der Waals surface area contributed by atoms with Crippen molar-refractivity contribution < 1.29 is 5.11 Å². The van der Waals surface area contributed by atoms with E-state index in [0.717, 1.165) is 61.0 Å². The molecule has 1 saturated heterocycles. The average Bonchev–Trinajstić information content (AvgIpc) is 3.19.